The maximum Gasteiger partial charge on any atom is 0.400 e. The van der Waals surface area contributed by atoms with Gasteiger partial charge in [0.2, 0.25) is 0 Å². The van der Waals surface area contributed by atoms with E-state index in [2.05, 4.69) is 26.4 Å². The van der Waals surface area contributed by atoms with Crippen LogP contribution in [0.15, 0.2) is 27.8 Å². The van der Waals surface area contributed by atoms with E-state index in [1.807, 2.05) is 0 Å². The molecule has 0 aromatic heterocycles. The standard InChI is InChI=1S/C10H10BrClF3N3O/c11-7-3-5(1-2-8(7)12)17-4-6(9(16)18-19)10(13,14)15/h1-3,6,17,19H,4H2,(H2,16,18). The van der Waals surface area contributed by atoms with E-state index in [1.54, 1.807) is 0 Å². The highest BCUT2D eigenvalue weighted by molar-refractivity contribution is 9.10. The van der Waals surface area contributed by atoms with E-state index in [0.717, 1.165) is 0 Å². The Morgan fingerprint density at radius 1 is 1.53 bits per heavy atom. The average Bonchev–Trinajstić information content (AvgIpc) is 2.31. The van der Waals surface area contributed by atoms with Crippen molar-refractivity contribution in [3.05, 3.63) is 27.7 Å². The van der Waals surface area contributed by atoms with Gasteiger partial charge in [-0.3, -0.25) is 0 Å². The molecule has 1 aromatic carbocycles. The van der Waals surface area contributed by atoms with Crippen LogP contribution >= 0.6 is 27.5 Å². The Bertz CT molecular complexity index is 482. The molecule has 0 aliphatic carbocycles. The first-order chi connectivity index (χ1) is 8.75. The number of halogens is 5. The number of hydrogen-bond acceptors (Lipinski definition) is 3. The molecular weight excluding hydrogens is 350 g/mol. The minimum Gasteiger partial charge on any atom is -0.409 e. The van der Waals surface area contributed by atoms with Crippen LogP contribution in [0.2, 0.25) is 5.02 Å². The maximum atomic E-state index is 12.7. The molecule has 0 saturated carbocycles. The summed E-state index contributed by atoms with van der Waals surface area (Å²) >= 11 is 8.91. The van der Waals surface area contributed by atoms with Gasteiger partial charge in [0.25, 0.3) is 0 Å². The summed E-state index contributed by atoms with van der Waals surface area (Å²) in [6.07, 6.45) is -4.60. The molecule has 0 aliphatic heterocycles. The first-order valence-electron chi connectivity index (χ1n) is 4.98. The van der Waals surface area contributed by atoms with Gasteiger partial charge in [-0.05, 0) is 34.1 Å². The summed E-state index contributed by atoms with van der Waals surface area (Å²) in [6.45, 7) is -0.548. The van der Waals surface area contributed by atoms with Gasteiger partial charge < -0.3 is 16.3 Å². The molecule has 1 atom stereocenters. The fourth-order valence-electron chi connectivity index (χ4n) is 1.28. The molecule has 0 fully saturated rings. The van der Waals surface area contributed by atoms with Gasteiger partial charge in [-0.1, -0.05) is 16.8 Å². The van der Waals surface area contributed by atoms with Crippen molar-refractivity contribution in [3.8, 4) is 0 Å². The van der Waals surface area contributed by atoms with Crippen molar-refractivity contribution in [2.24, 2.45) is 16.8 Å². The first kappa shape index (κ1) is 15.9. The van der Waals surface area contributed by atoms with Crippen molar-refractivity contribution < 1.29 is 18.4 Å². The summed E-state index contributed by atoms with van der Waals surface area (Å²) in [7, 11) is 0. The molecule has 0 spiro atoms. The predicted octanol–water partition coefficient (Wildman–Crippen LogP) is 3.44. The molecule has 0 bridgehead atoms. The molecule has 1 rings (SSSR count). The fraction of sp³-hybridized carbons (Fsp3) is 0.300. The highest BCUT2D eigenvalue weighted by atomic mass is 79.9. The highest BCUT2D eigenvalue weighted by Gasteiger charge is 2.42. The minimum atomic E-state index is -4.60. The molecule has 19 heavy (non-hydrogen) atoms. The third-order valence-corrected chi connectivity index (χ3v) is 3.51. The van der Waals surface area contributed by atoms with Gasteiger partial charge >= 0.3 is 6.18 Å². The number of hydrogen-bond donors (Lipinski definition) is 3. The summed E-state index contributed by atoms with van der Waals surface area (Å²) in [5, 5.41) is 13.8. The minimum absolute atomic E-state index is 0.427. The number of amidine groups is 1. The van der Waals surface area contributed by atoms with Crippen LogP contribution in [0.25, 0.3) is 0 Å². The van der Waals surface area contributed by atoms with Crippen molar-refractivity contribution in [1.82, 2.24) is 0 Å². The number of nitrogens with zero attached hydrogens (tertiary/aromatic N) is 1. The van der Waals surface area contributed by atoms with Gasteiger partial charge in [-0.25, -0.2) is 0 Å². The zero-order valence-corrected chi connectivity index (χ0v) is 11.7. The number of anilines is 1. The molecule has 4 N–H and O–H groups in total. The molecule has 1 aromatic rings. The largest absolute Gasteiger partial charge is 0.409 e. The van der Waals surface area contributed by atoms with Crippen LogP contribution in [0.1, 0.15) is 0 Å². The molecule has 106 valence electrons. The Hall–Kier alpha value is -1.15. The molecule has 0 aliphatic rings. The third-order valence-electron chi connectivity index (χ3n) is 2.30. The second kappa shape index (κ2) is 6.33. The Kier molecular flexibility index (Phi) is 5.30. The van der Waals surface area contributed by atoms with Crippen molar-refractivity contribution in [2.45, 2.75) is 6.18 Å². The Morgan fingerprint density at radius 3 is 2.63 bits per heavy atom. The van der Waals surface area contributed by atoms with Crippen LogP contribution in [0, 0.1) is 5.92 Å². The Balaban J connectivity index is 2.79. The molecule has 1 unspecified atom stereocenters. The number of rotatable bonds is 4. The second-order valence-electron chi connectivity index (χ2n) is 3.63. The van der Waals surface area contributed by atoms with Crippen LogP contribution < -0.4 is 11.1 Å². The lowest BCUT2D eigenvalue weighted by molar-refractivity contribution is -0.152. The molecule has 0 heterocycles. The molecule has 4 nitrogen and oxygen atoms in total. The zero-order chi connectivity index (χ0) is 14.6. The molecular formula is C10H10BrClF3N3O. The van der Waals surface area contributed by atoms with E-state index in [9.17, 15) is 13.2 Å². The lowest BCUT2D eigenvalue weighted by Gasteiger charge is -2.20. The van der Waals surface area contributed by atoms with Crippen LogP contribution in [0.5, 0.6) is 0 Å². The first-order valence-corrected chi connectivity index (χ1v) is 6.16. The van der Waals surface area contributed by atoms with Crippen LogP contribution in [0.3, 0.4) is 0 Å². The van der Waals surface area contributed by atoms with E-state index < -0.39 is 24.5 Å². The quantitative estimate of drug-likeness (QED) is 0.333. The third kappa shape index (κ3) is 4.46. The molecule has 0 amide bonds. The van der Waals surface area contributed by atoms with E-state index in [0.29, 0.717) is 15.2 Å². The highest BCUT2D eigenvalue weighted by Crippen LogP contribution is 2.29. The fourth-order valence-corrected chi connectivity index (χ4v) is 1.78. The smallest absolute Gasteiger partial charge is 0.400 e. The second-order valence-corrected chi connectivity index (χ2v) is 4.89. The van der Waals surface area contributed by atoms with Crippen molar-refractivity contribution in [1.29, 1.82) is 0 Å². The number of alkyl halides is 3. The topological polar surface area (TPSA) is 70.6 Å². The number of benzene rings is 1. The number of nitrogens with two attached hydrogens (primary N) is 1. The summed E-state index contributed by atoms with van der Waals surface area (Å²) in [4.78, 5) is 0. The summed E-state index contributed by atoms with van der Waals surface area (Å²) in [5.74, 6) is -2.97. The molecule has 9 heteroatoms. The Morgan fingerprint density at radius 2 is 2.16 bits per heavy atom. The lowest BCUT2D eigenvalue weighted by atomic mass is 10.1. The number of nitrogens with one attached hydrogen (secondary N) is 1. The lowest BCUT2D eigenvalue weighted by Crippen LogP contribution is -2.40. The van der Waals surface area contributed by atoms with Gasteiger partial charge in [-0.2, -0.15) is 13.2 Å². The van der Waals surface area contributed by atoms with E-state index in [4.69, 9.17) is 22.5 Å². The van der Waals surface area contributed by atoms with Gasteiger partial charge in [0.15, 0.2) is 5.84 Å². The predicted molar refractivity (Wildman–Crippen MR) is 70.6 cm³/mol. The van der Waals surface area contributed by atoms with Gasteiger partial charge in [0.05, 0.1) is 5.02 Å². The summed E-state index contributed by atoms with van der Waals surface area (Å²) < 4.78 is 38.5. The van der Waals surface area contributed by atoms with E-state index in [-0.39, 0.29) is 0 Å². The van der Waals surface area contributed by atoms with Crippen LogP contribution in [0.4, 0.5) is 18.9 Å². The summed E-state index contributed by atoms with van der Waals surface area (Å²) in [6, 6.07) is 4.58. The normalized spacial score (nSPS) is 14.3. The van der Waals surface area contributed by atoms with Gasteiger partial charge in [0, 0.05) is 16.7 Å². The van der Waals surface area contributed by atoms with Crippen molar-refractivity contribution >= 4 is 39.1 Å². The average molecular weight is 361 g/mol. The molecule has 0 radical (unpaired) electrons. The monoisotopic (exact) mass is 359 g/mol. The SMILES string of the molecule is N/C(=N/O)C(CNc1ccc(Cl)c(Br)c1)C(F)(F)F. The number of oxime groups is 1. The Labute approximate surface area is 120 Å². The van der Waals surface area contributed by atoms with Gasteiger partial charge in [0.1, 0.15) is 5.92 Å². The van der Waals surface area contributed by atoms with Gasteiger partial charge in [-0.15, -0.1) is 0 Å². The van der Waals surface area contributed by atoms with E-state index in [1.165, 1.54) is 18.2 Å². The zero-order valence-electron chi connectivity index (χ0n) is 9.38. The van der Waals surface area contributed by atoms with E-state index >= 15 is 0 Å². The summed E-state index contributed by atoms with van der Waals surface area (Å²) in [5.41, 5.74) is 5.46. The molecule has 0 saturated heterocycles. The van der Waals surface area contributed by atoms with Crippen molar-refractivity contribution in [2.75, 3.05) is 11.9 Å². The van der Waals surface area contributed by atoms with Crippen LogP contribution in [-0.4, -0.2) is 23.8 Å². The van der Waals surface area contributed by atoms with Crippen molar-refractivity contribution in [3.63, 3.8) is 0 Å². The van der Waals surface area contributed by atoms with Crippen LogP contribution in [-0.2, 0) is 0 Å². The maximum absolute atomic E-state index is 12.7.